The molecule has 4 rings (SSSR count). The van der Waals surface area contributed by atoms with E-state index in [9.17, 15) is 22.8 Å². The monoisotopic (exact) mass is 583 g/mol. The summed E-state index contributed by atoms with van der Waals surface area (Å²) in [5.74, 6) is -1.19. The summed E-state index contributed by atoms with van der Waals surface area (Å²) in [7, 11) is -2.57. The molecule has 2 heterocycles. The molecule has 0 spiro atoms. The maximum absolute atomic E-state index is 13.5. The number of aromatic nitrogens is 1. The van der Waals surface area contributed by atoms with Gasteiger partial charge in [-0.1, -0.05) is 29.8 Å². The van der Waals surface area contributed by atoms with Gasteiger partial charge in [0.15, 0.2) is 11.1 Å². The third kappa shape index (κ3) is 6.00. The molecule has 1 atom stereocenters. The first-order chi connectivity index (χ1) is 18.8. The van der Waals surface area contributed by atoms with Crippen LogP contribution in [0.5, 0.6) is 0 Å². The molecule has 2 aromatic heterocycles. The smallest absolute Gasteiger partial charge is 0.337 e. The molecule has 4 aromatic rings. The first kappa shape index (κ1) is 28.8. The van der Waals surface area contributed by atoms with Crippen molar-refractivity contribution < 1.29 is 27.2 Å². The Hall–Kier alpha value is -4.22. The van der Waals surface area contributed by atoms with Crippen LogP contribution >= 0.6 is 11.6 Å². The van der Waals surface area contributed by atoms with Crippen molar-refractivity contribution in [1.29, 1.82) is 0 Å². The van der Waals surface area contributed by atoms with Crippen molar-refractivity contribution in [1.82, 2.24) is 9.71 Å². The van der Waals surface area contributed by atoms with Crippen molar-refractivity contribution in [3.63, 3.8) is 0 Å². The zero-order valence-electron chi connectivity index (χ0n) is 22.3. The number of hydrogen-bond acceptors (Lipinski definition) is 9. The Morgan fingerprint density at radius 3 is 2.50 bits per heavy atom. The lowest BCUT2D eigenvalue weighted by atomic mass is 9.98. The van der Waals surface area contributed by atoms with Gasteiger partial charge in [0, 0.05) is 16.7 Å². The minimum absolute atomic E-state index is 0.00171. The second kappa shape index (κ2) is 11.1. The summed E-state index contributed by atoms with van der Waals surface area (Å²) in [6.07, 6.45) is 0.854. The first-order valence-corrected chi connectivity index (χ1v) is 14.3. The van der Waals surface area contributed by atoms with Crippen LogP contribution in [0.15, 0.2) is 57.7 Å². The number of carbonyl (C=O) groups excluding carboxylic acids is 2. The van der Waals surface area contributed by atoms with Crippen molar-refractivity contribution in [3.05, 3.63) is 91.9 Å². The van der Waals surface area contributed by atoms with E-state index in [1.54, 1.807) is 44.2 Å². The number of esters is 1. The van der Waals surface area contributed by atoms with Crippen LogP contribution in [0.2, 0.25) is 5.15 Å². The van der Waals surface area contributed by atoms with Crippen molar-refractivity contribution in [3.8, 4) is 11.3 Å². The third-order valence-corrected chi connectivity index (χ3v) is 6.90. The summed E-state index contributed by atoms with van der Waals surface area (Å²) in [5.41, 5.74) is 2.65. The zero-order chi connectivity index (χ0) is 29.4. The van der Waals surface area contributed by atoms with E-state index in [0.29, 0.717) is 39.0 Å². The Kier molecular flexibility index (Phi) is 7.99. The number of anilines is 1. The molecule has 208 valence electrons. The molecule has 0 saturated heterocycles. The number of aryl methyl sites for hydroxylation is 1. The second-order valence-corrected chi connectivity index (χ2v) is 11.4. The summed E-state index contributed by atoms with van der Waals surface area (Å²) >= 11 is 5.99. The van der Waals surface area contributed by atoms with Gasteiger partial charge in [-0.2, -0.15) is 0 Å². The molecule has 0 aliphatic heterocycles. The second-order valence-electron chi connectivity index (χ2n) is 9.29. The standard InChI is InChI=1S/C28H26ClN3O7S/c1-14-11-19(16(3)30-21-9-10-22(29)31-23(21)27(34)32-40(5,36)37)26-20(12-14)24(33)15(2)25(39-26)17-7-6-8-18(13-17)28(35)38-4/h6-13,16,30H,1-5H3,(H,32,34)/t16-/m1/s1. The van der Waals surface area contributed by atoms with Gasteiger partial charge in [-0.25, -0.2) is 22.9 Å². The average Bonchev–Trinajstić information content (AvgIpc) is 2.90. The SMILES string of the molecule is COC(=O)c1cccc(-c2oc3c([C@@H](C)Nc4ccc(Cl)nc4C(=O)NS(C)(=O)=O)cc(C)cc3c(=O)c2C)c1. The number of methoxy groups -OCH3 is 1. The quantitative estimate of drug-likeness (QED) is 0.232. The van der Waals surface area contributed by atoms with E-state index in [2.05, 4.69) is 10.3 Å². The highest BCUT2D eigenvalue weighted by molar-refractivity contribution is 7.89. The molecular weight excluding hydrogens is 558 g/mol. The van der Waals surface area contributed by atoms with Gasteiger partial charge < -0.3 is 14.5 Å². The fourth-order valence-corrected chi connectivity index (χ4v) is 4.90. The molecule has 0 fully saturated rings. The number of pyridine rings is 1. The van der Waals surface area contributed by atoms with Gasteiger partial charge in [-0.15, -0.1) is 0 Å². The van der Waals surface area contributed by atoms with E-state index in [0.717, 1.165) is 11.8 Å². The van der Waals surface area contributed by atoms with Gasteiger partial charge >= 0.3 is 5.97 Å². The number of sulfonamides is 1. The predicted molar refractivity (Wildman–Crippen MR) is 152 cm³/mol. The predicted octanol–water partition coefficient (Wildman–Crippen LogP) is 4.77. The number of carbonyl (C=O) groups is 2. The molecule has 0 aliphatic carbocycles. The molecule has 1 amide bonds. The van der Waals surface area contributed by atoms with Gasteiger partial charge in [0.25, 0.3) is 5.91 Å². The number of amides is 1. The van der Waals surface area contributed by atoms with Crippen molar-refractivity contribution in [2.75, 3.05) is 18.7 Å². The Balaban J connectivity index is 1.85. The van der Waals surface area contributed by atoms with Crippen LogP contribution in [0.3, 0.4) is 0 Å². The van der Waals surface area contributed by atoms with E-state index in [1.807, 2.05) is 17.7 Å². The Morgan fingerprint density at radius 2 is 1.82 bits per heavy atom. The molecule has 0 radical (unpaired) electrons. The highest BCUT2D eigenvalue weighted by atomic mass is 35.5. The molecular formula is C28H26ClN3O7S. The highest BCUT2D eigenvalue weighted by Crippen LogP contribution is 2.33. The largest absolute Gasteiger partial charge is 0.465 e. The summed E-state index contributed by atoms with van der Waals surface area (Å²) in [5, 5.41) is 3.52. The number of nitrogens with zero attached hydrogens (tertiary/aromatic N) is 1. The number of benzene rings is 2. The minimum Gasteiger partial charge on any atom is -0.465 e. The van der Waals surface area contributed by atoms with Gasteiger partial charge in [0.2, 0.25) is 10.0 Å². The molecule has 0 saturated carbocycles. The Labute approximate surface area is 235 Å². The van der Waals surface area contributed by atoms with E-state index in [-0.39, 0.29) is 22.0 Å². The molecule has 12 heteroatoms. The average molecular weight is 584 g/mol. The van der Waals surface area contributed by atoms with Crippen LogP contribution in [0.4, 0.5) is 5.69 Å². The number of rotatable bonds is 7. The summed E-state index contributed by atoms with van der Waals surface area (Å²) in [6.45, 7) is 5.28. The topological polar surface area (TPSA) is 145 Å². The fraction of sp³-hybridized carbons (Fsp3) is 0.214. The number of fused-ring (bicyclic) bond motifs is 1. The summed E-state index contributed by atoms with van der Waals surface area (Å²) in [6, 6.07) is 12.6. The Bertz CT molecular complexity index is 1830. The molecule has 40 heavy (non-hydrogen) atoms. The maximum Gasteiger partial charge on any atom is 0.337 e. The van der Waals surface area contributed by atoms with Crippen LogP contribution < -0.4 is 15.5 Å². The van der Waals surface area contributed by atoms with E-state index in [1.165, 1.54) is 19.2 Å². The summed E-state index contributed by atoms with van der Waals surface area (Å²) < 4.78 is 36.3. The Morgan fingerprint density at radius 1 is 1.10 bits per heavy atom. The third-order valence-electron chi connectivity index (χ3n) is 6.13. The van der Waals surface area contributed by atoms with Crippen LogP contribution in [-0.4, -0.2) is 38.6 Å². The van der Waals surface area contributed by atoms with Crippen LogP contribution in [0.25, 0.3) is 22.3 Å². The van der Waals surface area contributed by atoms with Crippen molar-refractivity contribution in [2.45, 2.75) is 26.8 Å². The number of halogens is 1. The molecule has 10 nitrogen and oxygen atoms in total. The van der Waals surface area contributed by atoms with Crippen molar-refractivity contribution in [2.24, 2.45) is 0 Å². The lowest BCUT2D eigenvalue weighted by Crippen LogP contribution is -2.31. The van der Waals surface area contributed by atoms with Crippen LogP contribution in [-0.2, 0) is 14.8 Å². The summed E-state index contributed by atoms with van der Waals surface area (Å²) in [4.78, 5) is 42.2. The number of hydrogen-bond donors (Lipinski definition) is 2. The van der Waals surface area contributed by atoms with Gasteiger partial charge in [0.1, 0.15) is 16.5 Å². The lowest BCUT2D eigenvalue weighted by Gasteiger charge is -2.20. The number of nitrogens with one attached hydrogen (secondary N) is 2. The molecule has 2 aromatic carbocycles. The zero-order valence-corrected chi connectivity index (χ0v) is 23.9. The van der Waals surface area contributed by atoms with Gasteiger partial charge in [-0.3, -0.25) is 9.59 Å². The lowest BCUT2D eigenvalue weighted by molar-refractivity contribution is 0.0600. The fourth-order valence-electron chi connectivity index (χ4n) is 4.32. The van der Waals surface area contributed by atoms with Crippen molar-refractivity contribution >= 4 is 50.2 Å². The first-order valence-electron chi connectivity index (χ1n) is 12.0. The number of ether oxygens (including phenoxy) is 1. The van der Waals surface area contributed by atoms with Gasteiger partial charge in [-0.05, 0) is 56.7 Å². The molecule has 0 aliphatic rings. The van der Waals surface area contributed by atoms with Gasteiger partial charge in [0.05, 0.1) is 36.0 Å². The van der Waals surface area contributed by atoms with Crippen LogP contribution in [0.1, 0.15) is 50.5 Å². The molecule has 0 unspecified atom stereocenters. The highest BCUT2D eigenvalue weighted by Gasteiger charge is 2.23. The maximum atomic E-state index is 13.5. The van der Waals surface area contributed by atoms with E-state index < -0.39 is 27.9 Å². The molecule has 0 bridgehead atoms. The normalized spacial score (nSPS) is 12.2. The molecule has 2 N–H and O–H groups in total. The van der Waals surface area contributed by atoms with E-state index in [4.69, 9.17) is 20.8 Å². The minimum atomic E-state index is -3.86. The van der Waals surface area contributed by atoms with E-state index >= 15 is 0 Å². The van der Waals surface area contributed by atoms with Crippen LogP contribution in [0, 0.1) is 13.8 Å².